The van der Waals surface area contributed by atoms with Crippen molar-refractivity contribution >= 4 is 34.9 Å². The smallest absolute Gasteiger partial charge is 0.256 e. The maximum atomic E-state index is 12.4. The van der Waals surface area contributed by atoms with E-state index in [0.717, 1.165) is 5.56 Å². The predicted octanol–water partition coefficient (Wildman–Crippen LogP) is 5.25. The lowest BCUT2D eigenvalue weighted by Crippen LogP contribution is -2.14. The van der Waals surface area contributed by atoms with Gasteiger partial charge in [-0.1, -0.05) is 48.0 Å². The van der Waals surface area contributed by atoms with Crippen LogP contribution in [0.25, 0.3) is 11.3 Å². The van der Waals surface area contributed by atoms with Gasteiger partial charge in [-0.05, 0) is 42.5 Å². The molecule has 0 spiro atoms. The van der Waals surface area contributed by atoms with Gasteiger partial charge >= 0.3 is 0 Å². The Morgan fingerprint density at radius 3 is 2.19 bits per heavy atom. The summed E-state index contributed by atoms with van der Waals surface area (Å²) in [5.41, 5.74) is 3.28. The summed E-state index contributed by atoms with van der Waals surface area (Å²) in [6.45, 7) is 0. The van der Waals surface area contributed by atoms with E-state index in [2.05, 4.69) is 15.7 Å². The highest BCUT2D eigenvalue weighted by molar-refractivity contribution is 6.31. The van der Waals surface area contributed by atoms with Crippen LogP contribution in [-0.2, 0) is 7.05 Å². The average Bonchev–Trinajstić information content (AvgIpc) is 3.15. The second-order valence-corrected chi connectivity index (χ2v) is 7.34. The third kappa shape index (κ3) is 4.82. The number of carbonyl (C=O) groups excluding carboxylic acids is 2. The first-order valence-corrected chi connectivity index (χ1v) is 9.95. The zero-order valence-electron chi connectivity index (χ0n) is 16.7. The number of aromatic nitrogens is 2. The summed E-state index contributed by atoms with van der Waals surface area (Å²) >= 11 is 5.95. The van der Waals surface area contributed by atoms with Crippen LogP contribution >= 0.6 is 11.6 Å². The second kappa shape index (κ2) is 8.85. The summed E-state index contributed by atoms with van der Waals surface area (Å²) < 4.78 is 1.62. The van der Waals surface area contributed by atoms with Crippen LogP contribution in [0.5, 0.6) is 0 Å². The second-order valence-electron chi connectivity index (χ2n) is 6.90. The number of rotatable bonds is 5. The molecule has 0 radical (unpaired) electrons. The van der Waals surface area contributed by atoms with Gasteiger partial charge in [-0.25, -0.2) is 0 Å². The number of hydrogen-bond acceptors (Lipinski definition) is 3. The fourth-order valence-corrected chi connectivity index (χ4v) is 3.25. The summed E-state index contributed by atoms with van der Waals surface area (Å²) in [5.74, 6) is 0.149. The summed E-state index contributed by atoms with van der Waals surface area (Å²) in [6.07, 6.45) is 0. The average molecular weight is 431 g/mol. The van der Waals surface area contributed by atoms with Crippen molar-refractivity contribution in [2.75, 3.05) is 10.6 Å². The number of halogens is 1. The highest BCUT2D eigenvalue weighted by atomic mass is 35.5. The van der Waals surface area contributed by atoms with Gasteiger partial charge in [0, 0.05) is 40.5 Å². The molecule has 2 N–H and O–H groups in total. The molecule has 3 aromatic carbocycles. The Kier molecular flexibility index (Phi) is 5.82. The molecular formula is C24H19ClN4O2. The Morgan fingerprint density at radius 2 is 1.48 bits per heavy atom. The monoisotopic (exact) mass is 430 g/mol. The Labute approximate surface area is 184 Å². The van der Waals surface area contributed by atoms with Gasteiger partial charge < -0.3 is 10.6 Å². The molecule has 154 valence electrons. The van der Waals surface area contributed by atoms with Crippen molar-refractivity contribution in [2.24, 2.45) is 7.05 Å². The third-order valence-electron chi connectivity index (χ3n) is 4.68. The van der Waals surface area contributed by atoms with Crippen molar-refractivity contribution in [1.29, 1.82) is 0 Å². The third-order valence-corrected chi connectivity index (χ3v) is 4.92. The van der Waals surface area contributed by atoms with Gasteiger partial charge in [-0.2, -0.15) is 5.10 Å². The standard InChI is InChI=1S/C24H19ClN4O2/c1-29-22(27-23(30)17-6-3-2-4-7-17)15-21(28-29)16-10-12-20(13-11-16)26-24(31)18-8-5-9-19(25)14-18/h2-15H,1H3,(H,26,31)(H,27,30). The molecule has 1 heterocycles. The zero-order chi connectivity index (χ0) is 21.8. The molecule has 0 saturated heterocycles. The van der Waals surface area contributed by atoms with Gasteiger partial charge in [-0.15, -0.1) is 0 Å². The summed E-state index contributed by atoms with van der Waals surface area (Å²) in [6, 6.07) is 24.9. The van der Waals surface area contributed by atoms with E-state index in [4.69, 9.17) is 11.6 Å². The fraction of sp³-hybridized carbons (Fsp3) is 0.0417. The van der Waals surface area contributed by atoms with E-state index >= 15 is 0 Å². The minimum Gasteiger partial charge on any atom is -0.322 e. The number of nitrogens with one attached hydrogen (secondary N) is 2. The number of amides is 2. The molecule has 7 heteroatoms. The van der Waals surface area contributed by atoms with Crippen molar-refractivity contribution in [3.05, 3.63) is 101 Å². The van der Waals surface area contributed by atoms with Crippen LogP contribution in [0.3, 0.4) is 0 Å². The molecule has 0 aliphatic carbocycles. The molecule has 0 unspecified atom stereocenters. The van der Waals surface area contributed by atoms with Crippen LogP contribution in [0.15, 0.2) is 84.9 Å². The van der Waals surface area contributed by atoms with Crippen molar-refractivity contribution in [2.45, 2.75) is 0 Å². The van der Waals surface area contributed by atoms with Crippen molar-refractivity contribution < 1.29 is 9.59 Å². The molecule has 0 bridgehead atoms. The van der Waals surface area contributed by atoms with Crippen molar-refractivity contribution in [3.63, 3.8) is 0 Å². The normalized spacial score (nSPS) is 10.5. The molecule has 0 aliphatic rings. The molecule has 4 rings (SSSR count). The molecule has 0 aliphatic heterocycles. The van der Waals surface area contributed by atoms with E-state index in [0.29, 0.717) is 33.3 Å². The number of hydrogen-bond donors (Lipinski definition) is 2. The van der Waals surface area contributed by atoms with Gasteiger partial charge in [-0.3, -0.25) is 14.3 Å². The van der Waals surface area contributed by atoms with Gasteiger partial charge in [0.1, 0.15) is 5.82 Å². The Bertz CT molecular complexity index is 1230. The highest BCUT2D eigenvalue weighted by Gasteiger charge is 2.12. The van der Waals surface area contributed by atoms with Crippen LogP contribution in [0.2, 0.25) is 5.02 Å². The van der Waals surface area contributed by atoms with Crippen molar-refractivity contribution in [3.8, 4) is 11.3 Å². The molecular weight excluding hydrogens is 412 g/mol. The van der Waals surface area contributed by atoms with E-state index in [9.17, 15) is 9.59 Å². The Balaban J connectivity index is 1.46. The maximum absolute atomic E-state index is 12.4. The first-order chi connectivity index (χ1) is 15.0. The molecule has 4 aromatic rings. The molecule has 1 aromatic heterocycles. The summed E-state index contributed by atoms with van der Waals surface area (Å²) in [7, 11) is 1.77. The van der Waals surface area contributed by atoms with Crippen LogP contribution in [0.4, 0.5) is 11.5 Å². The SMILES string of the molecule is Cn1nc(-c2ccc(NC(=O)c3cccc(Cl)c3)cc2)cc1NC(=O)c1ccccc1. The van der Waals surface area contributed by atoms with Crippen molar-refractivity contribution in [1.82, 2.24) is 9.78 Å². The predicted molar refractivity (Wildman–Crippen MR) is 122 cm³/mol. The number of benzene rings is 3. The lowest BCUT2D eigenvalue weighted by Gasteiger charge is -2.06. The Hall–Kier alpha value is -3.90. The minimum absolute atomic E-state index is 0.200. The first-order valence-electron chi connectivity index (χ1n) is 9.57. The zero-order valence-corrected chi connectivity index (χ0v) is 17.4. The minimum atomic E-state index is -0.237. The molecule has 0 atom stereocenters. The number of nitrogens with zero attached hydrogens (tertiary/aromatic N) is 2. The molecule has 0 fully saturated rings. The van der Waals surface area contributed by atoms with E-state index in [1.54, 1.807) is 66.3 Å². The first kappa shape index (κ1) is 20.4. The maximum Gasteiger partial charge on any atom is 0.256 e. The van der Waals surface area contributed by atoms with Gasteiger partial charge in [0.15, 0.2) is 0 Å². The highest BCUT2D eigenvalue weighted by Crippen LogP contribution is 2.24. The van der Waals surface area contributed by atoms with Crippen LogP contribution < -0.4 is 10.6 Å². The van der Waals surface area contributed by atoms with E-state index < -0.39 is 0 Å². The van der Waals surface area contributed by atoms with Gasteiger partial charge in [0.25, 0.3) is 11.8 Å². The van der Waals surface area contributed by atoms with Gasteiger partial charge in [0.2, 0.25) is 0 Å². The lowest BCUT2D eigenvalue weighted by molar-refractivity contribution is 0.101. The number of anilines is 2. The lowest BCUT2D eigenvalue weighted by atomic mass is 10.1. The fourth-order valence-electron chi connectivity index (χ4n) is 3.06. The van der Waals surface area contributed by atoms with E-state index in [1.807, 2.05) is 30.3 Å². The Morgan fingerprint density at radius 1 is 0.806 bits per heavy atom. The van der Waals surface area contributed by atoms with Crippen LogP contribution in [0, 0.1) is 0 Å². The molecule has 2 amide bonds. The summed E-state index contributed by atoms with van der Waals surface area (Å²) in [5, 5.41) is 10.7. The van der Waals surface area contributed by atoms with Gasteiger partial charge in [0.05, 0.1) is 5.69 Å². The largest absolute Gasteiger partial charge is 0.322 e. The molecule has 6 nitrogen and oxygen atoms in total. The molecule has 0 saturated carbocycles. The van der Waals surface area contributed by atoms with E-state index in [-0.39, 0.29) is 11.8 Å². The van der Waals surface area contributed by atoms with Crippen LogP contribution in [-0.4, -0.2) is 21.6 Å². The van der Waals surface area contributed by atoms with Crippen LogP contribution in [0.1, 0.15) is 20.7 Å². The summed E-state index contributed by atoms with van der Waals surface area (Å²) in [4.78, 5) is 24.8. The van der Waals surface area contributed by atoms with E-state index in [1.165, 1.54) is 0 Å². The number of carbonyl (C=O) groups is 2. The quantitative estimate of drug-likeness (QED) is 0.454. The molecule has 31 heavy (non-hydrogen) atoms. The topological polar surface area (TPSA) is 76.0 Å². The number of aryl methyl sites for hydroxylation is 1.